The van der Waals surface area contributed by atoms with Crippen LogP contribution in [0.4, 0.5) is 0 Å². The van der Waals surface area contributed by atoms with Gasteiger partial charge in [0.2, 0.25) is 0 Å². The lowest BCUT2D eigenvalue weighted by molar-refractivity contribution is 0.0685. The van der Waals surface area contributed by atoms with Crippen molar-refractivity contribution in [3.8, 4) is 22.4 Å². The van der Waals surface area contributed by atoms with Gasteiger partial charge >= 0.3 is 11.9 Å². The lowest BCUT2D eigenvalue weighted by Crippen LogP contribution is -2.32. The molecule has 4 rings (SSSR count). The predicted octanol–water partition coefficient (Wildman–Crippen LogP) is 5.36. The van der Waals surface area contributed by atoms with E-state index in [9.17, 15) is 24.6 Å². The highest BCUT2D eigenvalue weighted by atomic mass is 16.4. The quantitative estimate of drug-likeness (QED) is 0.332. The van der Waals surface area contributed by atoms with Crippen molar-refractivity contribution in [2.24, 2.45) is 0 Å². The van der Waals surface area contributed by atoms with Crippen LogP contribution >= 0.6 is 0 Å². The van der Waals surface area contributed by atoms with Gasteiger partial charge in [0.1, 0.15) is 5.82 Å². The standard InChI is InChI=1S/C29H26N2O5/c1-2-3-13-24-30-26(21-9-5-4-6-10-21)25(29(35)36)27(32)31(24)18-19-14-16-20(17-15-19)22-11-7-8-12-23(22)28(33)34/h4-12,14-17H,2-3,13,18H2,1H3,(H,33,34)(H,35,36). The van der Waals surface area contributed by atoms with E-state index in [2.05, 4.69) is 4.98 Å². The van der Waals surface area contributed by atoms with Crippen LogP contribution in [0.3, 0.4) is 0 Å². The molecule has 0 saturated carbocycles. The monoisotopic (exact) mass is 482 g/mol. The Bertz CT molecular complexity index is 1460. The topological polar surface area (TPSA) is 109 Å². The first kappa shape index (κ1) is 24.6. The van der Waals surface area contributed by atoms with Crippen LogP contribution in [-0.2, 0) is 13.0 Å². The molecule has 36 heavy (non-hydrogen) atoms. The van der Waals surface area contributed by atoms with Crippen LogP contribution in [0.25, 0.3) is 22.4 Å². The molecule has 0 unspecified atom stereocenters. The Morgan fingerprint density at radius 1 is 0.833 bits per heavy atom. The Kier molecular flexibility index (Phi) is 7.39. The normalized spacial score (nSPS) is 10.8. The molecule has 0 saturated heterocycles. The number of hydrogen-bond acceptors (Lipinski definition) is 4. The maximum atomic E-state index is 13.5. The molecule has 7 heteroatoms. The minimum atomic E-state index is -1.32. The average molecular weight is 483 g/mol. The summed E-state index contributed by atoms with van der Waals surface area (Å²) in [5, 5.41) is 19.4. The Hall–Kier alpha value is -4.52. The van der Waals surface area contributed by atoms with Crippen LogP contribution in [-0.4, -0.2) is 31.7 Å². The van der Waals surface area contributed by atoms with Gasteiger partial charge in [-0.3, -0.25) is 9.36 Å². The number of aryl methyl sites for hydroxylation is 1. The Balaban J connectivity index is 1.77. The predicted molar refractivity (Wildman–Crippen MR) is 137 cm³/mol. The number of benzene rings is 3. The molecule has 4 aromatic rings. The van der Waals surface area contributed by atoms with Crippen LogP contribution < -0.4 is 5.56 Å². The summed E-state index contributed by atoms with van der Waals surface area (Å²) >= 11 is 0. The van der Waals surface area contributed by atoms with Crippen molar-refractivity contribution in [1.29, 1.82) is 0 Å². The molecule has 1 aromatic heterocycles. The van der Waals surface area contributed by atoms with E-state index in [0.29, 0.717) is 23.4 Å². The zero-order valence-corrected chi connectivity index (χ0v) is 19.8. The van der Waals surface area contributed by atoms with Gasteiger partial charge in [-0.1, -0.05) is 86.1 Å². The number of rotatable bonds is 9. The molecule has 0 fully saturated rings. The number of carboxylic acids is 2. The van der Waals surface area contributed by atoms with Crippen molar-refractivity contribution in [2.75, 3.05) is 0 Å². The fourth-order valence-corrected chi connectivity index (χ4v) is 4.18. The van der Waals surface area contributed by atoms with Crippen molar-refractivity contribution in [1.82, 2.24) is 9.55 Å². The van der Waals surface area contributed by atoms with E-state index in [4.69, 9.17) is 0 Å². The fourth-order valence-electron chi connectivity index (χ4n) is 4.18. The van der Waals surface area contributed by atoms with Gasteiger partial charge in [-0.25, -0.2) is 14.6 Å². The second-order valence-corrected chi connectivity index (χ2v) is 8.47. The van der Waals surface area contributed by atoms with E-state index in [1.807, 2.05) is 25.1 Å². The molecule has 0 aliphatic rings. The van der Waals surface area contributed by atoms with E-state index in [1.54, 1.807) is 60.7 Å². The first-order valence-corrected chi connectivity index (χ1v) is 11.7. The molecule has 0 aliphatic heterocycles. The van der Waals surface area contributed by atoms with Crippen LogP contribution in [0, 0.1) is 0 Å². The number of nitrogens with zero attached hydrogens (tertiary/aromatic N) is 2. The number of carbonyl (C=O) groups is 2. The molecule has 2 N–H and O–H groups in total. The van der Waals surface area contributed by atoms with Crippen molar-refractivity contribution >= 4 is 11.9 Å². The summed E-state index contributed by atoms with van der Waals surface area (Å²) in [5.74, 6) is -1.79. The van der Waals surface area contributed by atoms with E-state index in [0.717, 1.165) is 24.0 Å². The Morgan fingerprint density at radius 3 is 2.14 bits per heavy atom. The van der Waals surface area contributed by atoms with Crippen molar-refractivity contribution in [3.63, 3.8) is 0 Å². The third kappa shape index (κ3) is 5.10. The first-order valence-electron chi connectivity index (χ1n) is 11.7. The van der Waals surface area contributed by atoms with Crippen molar-refractivity contribution in [3.05, 3.63) is 112 Å². The highest BCUT2D eigenvalue weighted by molar-refractivity contribution is 5.96. The van der Waals surface area contributed by atoms with Gasteiger partial charge < -0.3 is 10.2 Å². The van der Waals surface area contributed by atoms with Gasteiger partial charge in [-0.05, 0) is 29.2 Å². The minimum absolute atomic E-state index is 0.154. The number of carboxylic acid groups (broad SMARTS) is 2. The zero-order valence-electron chi connectivity index (χ0n) is 19.8. The smallest absolute Gasteiger partial charge is 0.343 e. The van der Waals surface area contributed by atoms with E-state index in [-0.39, 0.29) is 23.4 Å². The minimum Gasteiger partial charge on any atom is -0.478 e. The number of unbranched alkanes of at least 4 members (excludes halogenated alkanes) is 1. The summed E-state index contributed by atoms with van der Waals surface area (Å²) in [7, 11) is 0. The number of aromatic carboxylic acids is 2. The highest BCUT2D eigenvalue weighted by Gasteiger charge is 2.23. The lowest BCUT2D eigenvalue weighted by atomic mass is 9.98. The van der Waals surface area contributed by atoms with E-state index < -0.39 is 17.5 Å². The largest absolute Gasteiger partial charge is 0.478 e. The van der Waals surface area contributed by atoms with E-state index in [1.165, 1.54) is 4.57 Å². The number of aromatic nitrogens is 2. The van der Waals surface area contributed by atoms with Gasteiger partial charge in [-0.2, -0.15) is 0 Å². The molecule has 7 nitrogen and oxygen atoms in total. The Morgan fingerprint density at radius 2 is 1.50 bits per heavy atom. The lowest BCUT2D eigenvalue weighted by Gasteiger charge is -2.16. The van der Waals surface area contributed by atoms with Gasteiger partial charge in [-0.15, -0.1) is 0 Å². The average Bonchev–Trinajstić information content (AvgIpc) is 2.89. The molecule has 0 aliphatic carbocycles. The molecule has 0 bridgehead atoms. The SMILES string of the molecule is CCCCc1nc(-c2ccccc2)c(C(=O)O)c(=O)n1Cc1ccc(-c2ccccc2C(=O)O)cc1. The van der Waals surface area contributed by atoms with Crippen molar-refractivity contribution in [2.45, 2.75) is 32.7 Å². The molecule has 0 radical (unpaired) electrons. The molecule has 0 atom stereocenters. The first-order chi connectivity index (χ1) is 17.4. The third-order valence-electron chi connectivity index (χ3n) is 6.03. The molecule has 0 amide bonds. The van der Waals surface area contributed by atoms with Gasteiger partial charge in [0.05, 0.1) is 17.8 Å². The summed E-state index contributed by atoms with van der Waals surface area (Å²) in [6, 6.07) is 22.9. The third-order valence-corrected chi connectivity index (χ3v) is 6.03. The molecular formula is C29H26N2O5. The van der Waals surface area contributed by atoms with Gasteiger partial charge in [0.15, 0.2) is 5.56 Å². The molecule has 1 heterocycles. The molecular weight excluding hydrogens is 456 g/mol. The second-order valence-electron chi connectivity index (χ2n) is 8.47. The maximum Gasteiger partial charge on any atom is 0.343 e. The number of hydrogen-bond donors (Lipinski definition) is 2. The molecule has 0 spiro atoms. The summed E-state index contributed by atoms with van der Waals surface area (Å²) in [5.41, 5.74) is 2.12. The highest BCUT2D eigenvalue weighted by Crippen LogP contribution is 2.25. The Labute approximate surface area is 208 Å². The summed E-state index contributed by atoms with van der Waals surface area (Å²) in [4.78, 5) is 41.9. The van der Waals surface area contributed by atoms with Crippen LogP contribution in [0.15, 0.2) is 83.7 Å². The van der Waals surface area contributed by atoms with Crippen LogP contribution in [0.2, 0.25) is 0 Å². The van der Waals surface area contributed by atoms with Crippen LogP contribution in [0.5, 0.6) is 0 Å². The zero-order chi connectivity index (χ0) is 25.7. The second kappa shape index (κ2) is 10.8. The van der Waals surface area contributed by atoms with Crippen molar-refractivity contribution < 1.29 is 19.8 Å². The molecule has 182 valence electrons. The maximum absolute atomic E-state index is 13.5. The van der Waals surface area contributed by atoms with Gasteiger partial charge in [0.25, 0.3) is 5.56 Å². The fraction of sp³-hybridized carbons (Fsp3) is 0.172. The van der Waals surface area contributed by atoms with E-state index >= 15 is 0 Å². The summed E-state index contributed by atoms with van der Waals surface area (Å²) in [6.45, 7) is 2.20. The van der Waals surface area contributed by atoms with Gasteiger partial charge in [0, 0.05) is 12.0 Å². The summed E-state index contributed by atoms with van der Waals surface area (Å²) < 4.78 is 1.44. The molecule has 3 aromatic carbocycles. The van der Waals surface area contributed by atoms with Crippen LogP contribution in [0.1, 0.15) is 51.9 Å². The summed E-state index contributed by atoms with van der Waals surface area (Å²) in [6.07, 6.45) is 2.24.